The van der Waals surface area contributed by atoms with Gasteiger partial charge < -0.3 is 10.4 Å². The monoisotopic (exact) mass is 371 g/mol. The molecule has 0 heterocycles. The van der Waals surface area contributed by atoms with Crippen molar-refractivity contribution in [3.05, 3.63) is 63.0 Å². The van der Waals surface area contributed by atoms with Crippen LogP contribution in [0.5, 0.6) is 0 Å². The van der Waals surface area contributed by atoms with Gasteiger partial charge in [-0.3, -0.25) is 0 Å². The predicted molar refractivity (Wildman–Crippen MR) is 79.8 cm³/mol. The molecular formula is C14H11FINO2. The third kappa shape index (κ3) is 3.66. The number of anilines is 1. The van der Waals surface area contributed by atoms with E-state index < -0.39 is 11.8 Å². The number of rotatable bonds is 4. The van der Waals surface area contributed by atoms with Crippen LogP contribution in [0, 0.1) is 9.39 Å². The zero-order valence-electron chi connectivity index (χ0n) is 9.86. The van der Waals surface area contributed by atoms with Crippen molar-refractivity contribution >= 4 is 34.2 Å². The molecule has 19 heavy (non-hydrogen) atoms. The van der Waals surface area contributed by atoms with E-state index in [2.05, 4.69) is 27.9 Å². The van der Waals surface area contributed by atoms with Crippen LogP contribution in [0.25, 0.3) is 0 Å². The SMILES string of the molecule is O=C(O)c1ccc(CNc2ccc(I)cc2)cc1F. The van der Waals surface area contributed by atoms with E-state index in [9.17, 15) is 9.18 Å². The topological polar surface area (TPSA) is 49.3 Å². The number of benzene rings is 2. The molecule has 2 rings (SSSR count). The first-order valence-electron chi connectivity index (χ1n) is 5.57. The maximum atomic E-state index is 13.5. The lowest BCUT2D eigenvalue weighted by molar-refractivity contribution is 0.0692. The van der Waals surface area contributed by atoms with Gasteiger partial charge in [0.05, 0.1) is 5.56 Å². The Morgan fingerprint density at radius 1 is 1.21 bits per heavy atom. The maximum Gasteiger partial charge on any atom is 0.338 e. The minimum atomic E-state index is -1.25. The van der Waals surface area contributed by atoms with Crippen LogP contribution >= 0.6 is 22.6 Å². The Morgan fingerprint density at radius 3 is 2.47 bits per heavy atom. The molecule has 0 saturated carbocycles. The zero-order valence-corrected chi connectivity index (χ0v) is 12.0. The molecule has 0 fully saturated rings. The van der Waals surface area contributed by atoms with Crippen molar-refractivity contribution in [1.29, 1.82) is 0 Å². The van der Waals surface area contributed by atoms with Crippen molar-refractivity contribution in [2.75, 3.05) is 5.32 Å². The van der Waals surface area contributed by atoms with Crippen molar-refractivity contribution in [3.8, 4) is 0 Å². The van der Waals surface area contributed by atoms with Crippen LogP contribution in [0.3, 0.4) is 0 Å². The molecule has 2 N–H and O–H groups in total. The van der Waals surface area contributed by atoms with E-state index in [1.165, 1.54) is 12.1 Å². The fourth-order valence-electron chi connectivity index (χ4n) is 1.61. The highest BCUT2D eigenvalue weighted by Crippen LogP contribution is 2.14. The van der Waals surface area contributed by atoms with Crippen molar-refractivity contribution in [2.24, 2.45) is 0 Å². The van der Waals surface area contributed by atoms with Crippen molar-refractivity contribution < 1.29 is 14.3 Å². The van der Waals surface area contributed by atoms with Crippen LogP contribution < -0.4 is 5.32 Å². The quantitative estimate of drug-likeness (QED) is 0.806. The average molecular weight is 371 g/mol. The number of halogens is 2. The first kappa shape index (κ1) is 13.8. The summed E-state index contributed by atoms with van der Waals surface area (Å²) in [6.07, 6.45) is 0. The number of carboxylic acids is 1. The van der Waals surface area contributed by atoms with Crippen LogP contribution in [0.4, 0.5) is 10.1 Å². The smallest absolute Gasteiger partial charge is 0.338 e. The molecule has 0 aliphatic carbocycles. The molecule has 2 aromatic carbocycles. The highest BCUT2D eigenvalue weighted by molar-refractivity contribution is 14.1. The van der Waals surface area contributed by atoms with Gasteiger partial charge in [-0.1, -0.05) is 6.07 Å². The number of nitrogens with one attached hydrogen (secondary N) is 1. The highest BCUT2D eigenvalue weighted by atomic mass is 127. The van der Waals surface area contributed by atoms with Crippen LogP contribution in [0.1, 0.15) is 15.9 Å². The highest BCUT2D eigenvalue weighted by Gasteiger charge is 2.10. The maximum absolute atomic E-state index is 13.5. The van der Waals surface area contributed by atoms with Gasteiger partial charge in [-0.15, -0.1) is 0 Å². The van der Waals surface area contributed by atoms with E-state index in [1.54, 1.807) is 6.07 Å². The molecule has 5 heteroatoms. The van der Waals surface area contributed by atoms with Gasteiger partial charge in [0.1, 0.15) is 5.82 Å². The van der Waals surface area contributed by atoms with Gasteiger partial charge in [-0.05, 0) is 64.6 Å². The largest absolute Gasteiger partial charge is 0.478 e. The second-order valence-corrected chi connectivity index (χ2v) is 5.23. The number of hydrogen-bond donors (Lipinski definition) is 2. The minimum absolute atomic E-state index is 0.307. The molecule has 0 amide bonds. The van der Waals surface area contributed by atoms with E-state index in [0.717, 1.165) is 9.26 Å². The van der Waals surface area contributed by atoms with Crippen LogP contribution in [-0.2, 0) is 6.54 Å². The summed E-state index contributed by atoms with van der Waals surface area (Å²) < 4.78 is 14.6. The Balaban J connectivity index is 2.06. The third-order valence-corrected chi connectivity index (χ3v) is 3.32. The molecule has 0 radical (unpaired) electrons. The second kappa shape index (κ2) is 6.01. The molecule has 0 bridgehead atoms. The molecule has 2 aromatic rings. The lowest BCUT2D eigenvalue weighted by atomic mass is 10.1. The Labute approximate surface area is 123 Å². The van der Waals surface area contributed by atoms with Crippen LogP contribution in [-0.4, -0.2) is 11.1 Å². The van der Waals surface area contributed by atoms with Gasteiger partial charge in [0.2, 0.25) is 0 Å². The molecule has 98 valence electrons. The average Bonchev–Trinajstić information content (AvgIpc) is 2.37. The standard InChI is InChI=1S/C14H11FINO2/c15-13-7-9(1-6-12(13)14(18)19)8-17-11-4-2-10(16)3-5-11/h1-7,17H,8H2,(H,18,19). The number of hydrogen-bond acceptors (Lipinski definition) is 2. The first-order chi connectivity index (χ1) is 9.06. The molecular weight excluding hydrogens is 360 g/mol. The van der Waals surface area contributed by atoms with Crippen LogP contribution in [0.2, 0.25) is 0 Å². The normalized spacial score (nSPS) is 10.2. The molecule has 0 saturated heterocycles. The molecule has 0 unspecified atom stereocenters. The molecule has 0 aromatic heterocycles. The van der Waals surface area contributed by atoms with Gasteiger partial charge in [-0.25, -0.2) is 9.18 Å². The summed E-state index contributed by atoms with van der Waals surface area (Å²) in [4.78, 5) is 10.7. The summed E-state index contributed by atoms with van der Waals surface area (Å²) in [6, 6.07) is 11.9. The van der Waals surface area contributed by atoms with Crippen molar-refractivity contribution in [3.63, 3.8) is 0 Å². The number of aromatic carboxylic acids is 1. The zero-order chi connectivity index (χ0) is 13.8. The fourth-order valence-corrected chi connectivity index (χ4v) is 1.97. The molecule has 0 aliphatic rings. The van der Waals surface area contributed by atoms with E-state index in [1.807, 2.05) is 24.3 Å². The van der Waals surface area contributed by atoms with E-state index in [4.69, 9.17) is 5.11 Å². The van der Waals surface area contributed by atoms with E-state index in [0.29, 0.717) is 12.1 Å². The van der Waals surface area contributed by atoms with E-state index >= 15 is 0 Å². The Hall–Kier alpha value is -1.63. The lowest BCUT2D eigenvalue weighted by Gasteiger charge is -2.07. The summed E-state index contributed by atoms with van der Waals surface area (Å²) >= 11 is 2.22. The Kier molecular flexibility index (Phi) is 4.36. The van der Waals surface area contributed by atoms with Gasteiger partial charge in [0, 0.05) is 15.8 Å². The van der Waals surface area contributed by atoms with Crippen molar-refractivity contribution in [2.45, 2.75) is 6.54 Å². The van der Waals surface area contributed by atoms with Gasteiger partial charge >= 0.3 is 5.97 Å². The third-order valence-electron chi connectivity index (χ3n) is 2.60. The minimum Gasteiger partial charge on any atom is -0.478 e. The number of carbonyl (C=O) groups is 1. The predicted octanol–water partition coefficient (Wildman–Crippen LogP) is 3.74. The fraction of sp³-hybridized carbons (Fsp3) is 0.0714. The molecule has 0 atom stereocenters. The Bertz CT molecular complexity index is 599. The first-order valence-corrected chi connectivity index (χ1v) is 6.65. The lowest BCUT2D eigenvalue weighted by Crippen LogP contribution is -2.04. The van der Waals surface area contributed by atoms with Gasteiger partial charge in [-0.2, -0.15) is 0 Å². The van der Waals surface area contributed by atoms with Crippen molar-refractivity contribution in [1.82, 2.24) is 0 Å². The second-order valence-electron chi connectivity index (χ2n) is 3.98. The summed E-state index contributed by atoms with van der Waals surface area (Å²) in [5.41, 5.74) is 1.32. The molecule has 3 nitrogen and oxygen atoms in total. The van der Waals surface area contributed by atoms with Gasteiger partial charge in [0.15, 0.2) is 0 Å². The number of carboxylic acid groups (broad SMARTS) is 1. The summed E-state index contributed by atoms with van der Waals surface area (Å²) in [5, 5.41) is 11.9. The van der Waals surface area contributed by atoms with Gasteiger partial charge in [0.25, 0.3) is 0 Å². The molecule has 0 aliphatic heterocycles. The Morgan fingerprint density at radius 2 is 1.89 bits per heavy atom. The van der Waals surface area contributed by atoms with Crippen LogP contribution in [0.15, 0.2) is 42.5 Å². The molecule has 0 spiro atoms. The summed E-state index contributed by atoms with van der Waals surface area (Å²) in [6.45, 7) is 0.442. The summed E-state index contributed by atoms with van der Waals surface area (Å²) in [5.74, 6) is -1.97. The summed E-state index contributed by atoms with van der Waals surface area (Å²) in [7, 11) is 0. The van der Waals surface area contributed by atoms with E-state index in [-0.39, 0.29) is 5.56 Å².